The van der Waals surface area contributed by atoms with E-state index in [0.717, 1.165) is 45.5 Å². The van der Waals surface area contributed by atoms with E-state index < -0.39 is 0 Å². The minimum absolute atomic E-state index is 0.188. The molecule has 1 aromatic rings. The highest BCUT2D eigenvalue weighted by Gasteiger charge is 2.22. The molecule has 1 atom stereocenters. The minimum atomic E-state index is 0.188. The Kier molecular flexibility index (Phi) is 6.33. The Balaban J connectivity index is 2.07. The minimum Gasteiger partial charge on any atom is -0.339 e. The maximum absolute atomic E-state index is 12.7. The van der Waals surface area contributed by atoms with Gasteiger partial charge in [0.15, 0.2) is 0 Å². The summed E-state index contributed by atoms with van der Waals surface area (Å²) in [5.74, 6) is 0.993. The van der Waals surface area contributed by atoms with Gasteiger partial charge in [-0.05, 0) is 66.0 Å². The predicted octanol–water partition coefficient (Wildman–Crippen LogP) is 5.10. The molecule has 2 nitrogen and oxygen atoms in total. The maximum Gasteiger partial charge on any atom is 0.254 e. The van der Waals surface area contributed by atoms with E-state index in [4.69, 9.17) is 0 Å². The number of carbonyl (C=O) groups excluding carboxylic acids is 1. The summed E-state index contributed by atoms with van der Waals surface area (Å²) in [6.45, 7) is 4.06. The van der Waals surface area contributed by atoms with Crippen LogP contribution < -0.4 is 0 Å². The molecule has 4 heteroatoms. The number of likely N-dealkylation sites (tertiary alicyclic amines) is 1. The highest BCUT2D eigenvalue weighted by molar-refractivity contribution is 14.1. The van der Waals surface area contributed by atoms with Crippen LogP contribution in [0.5, 0.6) is 0 Å². The van der Waals surface area contributed by atoms with Crippen LogP contribution in [-0.4, -0.2) is 23.9 Å². The van der Waals surface area contributed by atoms with E-state index in [-0.39, 0.29) is 5.91 Å². The average Bonchev–Trinajstić information content (AvgIpc) is 2.67. The summed E-state index contributed by atoms with van der Waals surface area (Å²) in [4.78, 5) is 14.7. The van der Waals surface area contributed by atoms with Crippen LogP contribution in [0.3, 0.4) is 0 Å². The van der Waals surface area contributed by atoms with Gasteiger partial charge in [0.05, 0.1) is 5.56 Å². The molecule has 110 valence electrons. The van der Waals surface area contributed by atoms with Crippen molar-refractivity contribution in [2.24, 2.45) is 5.92 Å². The summed E-state index contributed by atoms with van der Waals surface area (Å²) in [5.41, 5.74) is 0.828. The molecule has 0 aliphatic carbocycles. The third-order valence-electron chi connectivity index (χ3n) is 3.99. The number of carbonyl (C=O) groups is 1. The van der Waals surface area contributed by atoms with Crippen molar-refractivity contribution in [2.45, 2.75) is 39.0 Å². The van der Waals surface area contributed by atoms with E-state index in [0.29, 0.717) is 0 Å². The van der Waals surface area contributed by atoms with Crippen molar-refractivity contribution in [3.8, 4) is 0 Å². The summed E-state index contributed by atoms with van der Waals surface area (Å²) < 4.78 is 2.00. The molecule has 1 aromatic carbocycles. The number of rotatable bonds is 3. The van der Waals surface area contributed by atoms with Crippen LogP contribution >= 0.6 is 38.5 Å². The third kappa shape index (κ3) is 4.20. The Bertz CT molecular complexity index is 478. The number of amides is 1. The molecule has 1 aliphatic heterocycles. The second-order valence-electron chi connectivity index (χ2n) is 5.50. The molecule has 1 heterocycles. The summed E-state index contributed by atoms with van der Waals surface area (Å²) in [7, 11) is 0. The van der Waals surface area contributed by atoms with Crippen molar-refractivity contribution >= 4 is 44.4 Å². The molecule has 1 saturated heterocycles. The molecule has 1 unspecified atom stereocenters. The Morgan fingerprint density at radius 3 is 2.95 bits per heavy atom. The zero-order valence-electron chi connectivity index (χ0n) is 11.9. The van der Waals surface area contributed by atoms with Gasteiger partial charge in [0.25, 0.3) is 5.91 Å². The lowest BCUT2D eigenvalue weighted by Gasteiger charge is -2.21. The van der Waals surface area contributed by atoms with Gasteiger partial charge >= 0.3 is 0 Å². The largest absolute Gasteiger partial charge is 0.339 e. The fraction of sp³-hybridized carbons (Fsp3) is 0.562. The second-order valence-corrected chi connectivity index (χ2v) is 7.58. The maximum atomic E-state index is 12.7. The molecule has 1 fully saturated rings. The van der Waals surface area contributed by atoms with E-state index in [1.807, 2.05) is 23.1 Å². The molecular formula is C16H21BrINO. The molecule has 1 aliphatic rings. The van der Waals surface area contributed by atoms with Crippen molar-refractivity contribution < 1.29 is 4.79 Å². The van der Waals surface area contributed by atoms with E-state index in [9.17, 15) is 4.79 Å². The van der Waals surface area contributed by atoms with Crippen molar-refractivity contribution in [1.82, 2.24) is 4.90 Å². The van der Waals surface area contributed by atoms with Crippen molar-refractivity contribution in [3.63, 3.8) is 0 Å². The summed E-state index contributed by atoms with van der Waals surface area (Å²) in [5, 5.41) is 0. The first-order valence-corrected chi connectivity index (χ1v) is 9.23. The number of benzene rings is 1. The number of hydrogen-bond acceptors (Lipinski definition) is 1. The van der Waals surface area contributed by atoms with Crippen LogP contribution in [0.25, 0.3) is 0 Å². The lowest BCUT2D eigenvalue weighted by Crippen LogP contribution is -2.32. The first-order valence-electron chi connectivity index (χ1n) is 7.36. The fourth-order valence-electron chi connectivity index (χ4n) is 2.90. The Morgan fingerprint density at radius 1 is 1.40 bits per heavy atom. The Morgan fingerprint density at radius 2 is 2.20 bits per heavy atom. The second kappa shape index (κ2) is 7.78. The molecule has 1 amide bonds. The standard InChI is InChI=1S/C16H21BrINO/c1-2-4-12-5-3-9-19(10-8-12)16(20)14-11-13(17)6-7-15(14)18/h6-7,11-12H,2-5,8-10H2,1H3. The average molecular weight is 450 g/mol. The van der Waals surface area contributed by atoms with Gasteiger partial charge in [0, 0.05) is 21.1 Å². The first kappa shape index (κ1) is 16.3. The lowest BCUT2D eigenvalue weighted by atomic mass is 9.96. The normalized spacial score (nSPS) is 19.8. The molecule has 0 spiro atoms. The molecule has 2 rings (SSSR count). The van der Waals surface area contributed by atoms with E-state index in [1.54, 1.807) is 0 Å². The fourth-order valence-corrected chi connectivity index (χ4v) is 3.82. The first-order chi connectivity index (χ1) is 9.61. The van der Waals surface area contributed by atoms with E-state index in [1.165, 1.54) is 19.3 Å². The number of halogens is 2. The van der Waals surface area contributed by atoms with Gasteiger partial charge in [-0.25, -0.2) is 0 Å². The van der Waals surface area contributed by atoms with Gasteiger partial charge in [-0.15, -0.1) is 0 Å². The quantitative estimate of drug-likeness (QED) is 0.588. The summed E-state index contributed by atoms with van der Waals surface area (Å²) in [6.07, 6.45) is 6.12. The van der Waals surface area contributed by atoms with Crippen LogP contribution in [0.2, 0.25) is 0 Å². The molecule has 0 saturated carbocycles. The Hall–Kier alpha value is -0.100. The van der Waals surface area contributed by atoms with E-state index >= 15 is 0 Å². The molecule has 0 N–H and O–H groups in total. The third-order valence-corrected chi connectivity index (χ3v) is 5.42. The van der Waals surface area contributed by atoms with Crippen LogP contribution in [0.1, 0.15) is 49.4 Å². The monoisotopic (exact) mass is 449 g/mol. The van der Waals surface area contributed by atoms with Crippen LogP contribution in [0.4, 0.5) is 0 Å². The highest BCUT2D eigenvalue weighted by Crippen LogP contribution is 2.25. The van der Waals surface area contributed by atoms with Gasteiger partial charge in [0.2, 0.25) is 0 Å². The van der Waals surface area contributed by atoms with Gasteiger partial charge in [-0.2, -0.15) is 0 Å². The van der Waals surface area contributed by atoms with Gasteiger partial charge in [0.1, 0.15) is 0 Å². The molecule has 0 radical (unpaired) electrons. The SMILES string of the molecule is CCCC1CCCN(C(=O)c2cc(Br)ccc2I)CC1. The lowest BCUT2D eigenvalue weighted by molar-refractivity contribution is 0.0758. The summed E-state index contributed by atoms with van der Waals surface area (Å²) in [6, 6.07) is 5.92. The molecule has 20 heavy (non-hydrogen) atoms. The van der Waals surface area contributed by atoms with Gasteiger partial charge < -0.3 is 4.90 Å². The van der Waals surface area contributed by atoms with Crippen molar-refractivity contribution in [3.05, 3.63) is 31.8 Å². The Labute approximate surface area is 143 Å². The zero-order valence-corrected chi connectivity index (χ0v) is 15.6. The van der Waals surface area contributed by atoms with Crippen molar-refractivity contribution in [1.29, 1.82) is 0 Å². The smallest absolute Gasteiger partial charge is 0.254 e. The van der Waals surface area contributed by atoms with Gasteiger partial charge in [-0.3, -0.25) is 4.79 Å². The predicted molar refractivity (Wildman–Crippen MR) is 95.0 cm³/mol. The van der Waals surface area contributed by atoms with Crippen LogP contribution in [0.15, 0.2) is 22.7 Å². The molecule has 0 aromatic heterocycles. The van der Waals surface area contributed by atoms with Crippen LogP contribution in [-0.2, 0) is 0 Å². The summed E-state index contributed by atoms with van der Waals surface area (Å²) >= 11 is 5.71. The number of hydrogen-bond donors (Lipinski definition) is 0. The zero-order chi connectivity index (χ0) is 14.5. The highest BCUT2D eigenvalue weighted by atomic mass is 127. The molecule has 0 bridgehead atoms. The number of nitrogens with zero attached hydrogens (tertiary/aromatic N) is 1. The molecular weight excluding hydrogens is 429 g/mol. The van der Waals surface area contributed by atoms with E-state index in [2.05, 4.69) is 45.4 Å². The van der Waals surface area contributed by atoms with Crippen molar-refractivity contribution in [2.75, 3.05) is 13.1 Å². The van der Waals surface area contributed by atoms with Gasteiger partial charge in [-0.1, -0.05) is 35.7 Å². The topological polar surface area (TPSA) is 20.3 Å². The van der Waals surface area contributed by atoms with Crippen LogP contribution in [0, 0.1) is 9.49 Å².